The first kappa shape index (κ1) is 13.3. The fourth-order valence-corrected chi connectivity index (χ4v) is 2.72. The lowest BCUT2D eigenvalue weighted by Crippen LogP contribution is -2.16. The molecule has 0 saturated heterocycles. The highest BCUT2D eigenvalue weighted by atomic mass is 15.0. The highest BCUT2D eigenvalue weighted by molar-refractivity contribution is 5.39. The minimum atomic E-state index is 0.909. The molecule has 1 aliphatic rings. The van der Waals surface area contributed by atoms with Crippen molar-refractivity contribution in [1.29, 1.82) is 0 Å². The Bertz CT molecular complexity index is 381. The summed E-state index contributed by atoms with van der Waals surface area (Å²) in [6, 6.07) is 0. The summed E-state index contributed by atoms with van der Waals surface area (Å²) in [6.45, 7) is 7.40. The van der Waals surface area contributed by atoms with Gasteiger partial charge in [0.2, 0.25) is 0 Å². The molecule has 0 bridgehead atoms. The normalized spacial score (nSPS) is 23.9. The van der Waals surface area contributed by atoms with Crippen molar-refractivity contribution < 1.29 is 0 Å². The SMILES string of the molecule is Cc1cnc(C)c(NCCC2CCC(C)CC2)n1. The van der Waals surface area contributed by atoms with E-state index in [2.05, 4.69) is 22.2 Å². The molecule has 1 aromatic heterocycles. The second-order valence-electron chi connectivity index (χ2n) is 5.79. The maximum absolute atomic E-state index is 4.49. The van der Waals surface area contributed by atoms with Crippen LogP contribution in [0.2, 0.25) is 0 Å². The van der Waals surface area contributed by atoms with E-state index < -0.39 is 0 Å². The van der Waals surface area contributed by atoms with Gasteiger partial charge in [-0.25, -0.2) is 4.98 Å². The van der Waals surface area contributed by atoms with E-state index in [9.17, 15) is 0 Å². The van der Waals surface area contributed by atoms with Gasteiger partial charge in [0.1, 0.15) is 5.82 Å². The monoisotopic (exact) mass is 247 g/mol. The fraction of sp³-hybridized carbons (Fsp3) is 0.733. The molecule has 0 aliphatic heterocycles. The average molecular weight is 247 g/mol. The molecule has 3 heteroatoms. The minimum Gasteiger partial charge on any atom is -0.369 e. The Morgan fingerprint density at radius 2 is 1.94 bits per heavy atom. The van der Waals surface area contributed by atoms with Crippen LogP contribution in [0.4, 0.5) is 5.82 Å². The lowest BCUT2D eigenvalue weighted by atomic mass is 9.81. The Hall–Kier alpha value is -1.12. The summed E-state index contributed by atoms with van der Waals surface area (Å²) in [5.74, 6) is 2.81. The van der Waals surface area contributed by atoms with Gasteiger partial charge in [0, 0.05) is 12.7 Å². The van der Waals surface area contributed by atoms with Gasteiger partial charge >= 0.3 is 0 Å². The number of hydrogen-bond donors (Lipinski definition) is 1. The molecule has 0 unspecified atom stereocenters. The van der Waals surface area contributed by atoms with E-state index in [1.54, 1.807) is 0 Å². The molecule has 18 heavy (non-hydrogen) atoms. The van der Waals surface area contributed by atoms with E-state index in [1.165, 1.54) is 32.1 Å². The molecule has 2 rings (SSSR count). The van der Waals surface area contributed by atoms with E-state index >= 15 is 0 Å². The maximum Gasteiger partial charge on any atom is 0.147 e. The van der Waals surface area contributed by atoms with Crippen LogP contribution in [0, 0.1) is 25.7 Å². The van der Waals surface area contributed by atoms with Crippen LogP contribution in [0.25, 0.3) is 0 Å². The third kappa shape index (κ3) is 3.69. The highest BCUT2D eigenvalue weighted by Crippen LogP contribution is 2.30. The summed E-state index contributed by atoms with van der Waals surface area (Å²) in [5, 5.41) is 3.44. The van der Waals surface area contributed by atoms with Crippen LogP contribution in [-0.4, -0.2) is 16.5 Å². The molecule has 3 nitrogen and oxygen atoms in total. The fourth-order valence-electron chi connectivity index (χ4n) is 2.72. The molecule has 0 radical (unpaired) electrons. The molecular weight excluding hydrogens is 222 g/mol. The lowest BCUT2D eigenvalue weighted by Gasteiger charge is -2.26. The second-order valence-corrected chi connectivity index (χ2v) is 5.79. The van der Waals surface area contributed by atoms with Gasteiger partial charge in [0.15, 0.2) is 0 Å². The van der Waals surface area contributed by atoms with Gasteiger partial charge in [-0.05, 0) is 32.1 Å². The smallest absolute Gasteiger partial charge is 0.147 e. The summed E-state index contributed by atoms with van der Waals surface area (Å²) in [7, 11) is 0. The summed E-state index contributed by atoms with van der Waals surface area (Å²) < 4.78 is 0. The topological polar surface area (TPSA) is 37.8 Å². The van der Waals surface area contributed by atoms with Crippen molar-refractivity contribution in [3.8, 4) is 0 Å². The molecule has 0 spiro atoms. The summed E-state index contributed by atoms with van der Waals surface area (Å²) in [6.07, 6.45) is 8.72. The third-order valence-electron chi connectivity index (χ3n) is 4.06. The van der Waals surface area contributed by atoms with E-state index in [0.717, 1.165) is 35.6 Å². The zero-order valence-corrected chi connectivity index (χ0v) is 11.9. The van der Waals surface area contributed by atoms with Gasteiger partial charge in [0.25, 0.3) is 0 Å². The molecule has 1 heterocycles. The number of aryl methyl sites for hydroxylation is 2. The van der Waals surface area contributed by atoms with Crippen molar-refractivity contribution >= 4 is 5.82 Å². The molecule has 100 valence electrons. The van der Waals surface area contributed by atoms with E-state index in [4.69, 9.17) is 0 Å². The molecule has 0 aromatic carbocycles. The first-order valence-electron chi connectivity index (χ1n) is 7.19. The first-order chi connectivity index (χ1) is 8.65. The number of anilines is 1. The standard InChI is InChI=1S/C15H25N3/c1-11-4-6-14(7-5-11)8-9-16-15-13(3)17-10-12(2)18-15/h10-11,14H,4-9H2,1-3H3,(H,16,18). The van der Waals surface area contributed by atoms with Crippen LogP contribution < -0.4 is 5.32 Å². The highest BCUT2D eigenvalue weighted by Gasteiger charge is 2.17. The van der Waals surface area contributed by atoms with Crippen LogP contribution in [0.3, 0.4) is 0 Å². The number of rotatable bonds is 4. The second kappa shape index (κ2) is 6.17. The Morgan fingerprint density at radius 3 is 2.67 bits per heavy atom. The third-order valence-corrected chi connectivity index (χ3v) is 4.06. The molecule has 1 fully saturated rings. The zero-order valence-electron chi connectivity index (χ0n) is 11.9. The molecule has 0 amide bonds. The van der Waals surface area contributed by atoms with Crippen molar-refractivity contribution in [3.05, 3.63) is 17.6 Å². The van der Waals surface area contributed by atoms with E-state index in [1.807, 2.05) is 20.0 Å². The molecule has 1 saturated carbocycles. The lowest BCUT2D eigenvalue weighted by molar-refractivity contribution is 0.282. The number of nitrogens with one attached hydrogen (secondary N) is 1. The van der Waals surface area contributed by atoms with Crippen molar-refractivity contribution in [2.75, 3.05) is 11.9 Å². The van der Waals surface area contributed by atoms with Crippen LogP contribution in [-0.2, 0) is 0 Å². The first-order valence-corrected chi connectivity index (χ1v) is 7.19. The number of hydrogen-bond acceptors (Lipinski definition) is 3. The van der Waals surface area contributed by atoms with Crippen molar-refractivity contribution in [2.24, 2.45) is 11.8 Å². The summed E-state index contributed by atoms with van der Waals surface area (Å²) in [4.78, 5) is 8.82. The Balaban J connectivity index is 1.76. The minimum absolute atomic E-state index is 0.909. The quantitative estimate of drug-likeness (QED) is 0.881. The van der Waals surface area contributed by atoms with Crippen molar-refractivity contribution in [2.45, 2.75) is 52.9 Å². The zero-order chi connectivity index (χ0) is 13.0. The number of nitrogens with zero attached hydrogens (tertiary/aromatic N) is 2. The summed E-state index contributed by atoms with van der Waals surface area (Å²) in [5.41, 5.74) is 1.98. The molecule has 1 aromatic rings. The van der Waals surface area contributed by atoms with Gasteiger partial charge in [-0.15, -0.1) is 0 Å². The van der Waals surface area contributed by atoms with E-state index in [-0.39, 0.29) is 0 Å². The maximum atomic E-state index is 4.49. The Labute approximate surface area is 110 Å². The van der Waals surface area contributed by atoms with Crippen LogP contribution >= 0.6 is 0 Å². The Kier molecular flexibility index (Phi) is 4.56. The average Bonchev–Trinajstić information content (AvgIpc) is 2.36. The Morgan fingerprint density at radius 1 is 1.22 bits per heavy atom. The van der Waals surface area contributed by atoms with Gasteiger partial charge in [-0.2, -0.15) is 0 Å². The predicted octanol–water partition coefficient (Wildman–Crippen LogP) is 3.72. The van der Waals surface area contributed by atoms with Crippen LogP contribution in [0.1, 0.15) is 50.4 Å². The molecule has 1 aliphatic carbocycles. The van der Waals surface area contributed by atoms with Gasteiger partial charge in [-0.3, -0.25) is 4.98 Å². The molecular formula is C15H25N3. The van der Waals surface area contributed by atoms with Crippen molar-refractivity contribution in [1.82, 2.24) is 9.97 Å². The predicted molar refractivity (Wildman–Crippen MR) is 75.7 cm³/mol. The number of aromatic nitrogens is 2. The van der Waals surface area contributed by atoms with Gasteiger partial charge in [-0.1, -0.05) is 32.6 Å². The van der Waals surface area contributed by atoms with Crippen molar-refractivity contribution in [3.63, 3.8) is 0 Å². The van der Waals surface area contributed by atoms with Gasteiger partial charge in [0.05, 0.1) is 11.4 Å². The summed E-state index contributed by atoms with van der Waals surface area (Å²) >= 11 is 0. The van der Waals surface area contributed by atoms with Crippen LogP contribution in [0.5, 0.6) is 0 Å². The van der Waals surface area contributed by atoms with Gasteiger partial charge < -0.3 is 5.32 Å². The van der Waals surface area contributed by atoms with E-state index in [0.29, 0.717) is 0 Å². The molecule has 1 N–H and O–H groups in total. The molecule has 0 atom stereocenters. The van der Waals surface area contributed by atoms with Crippen LogP contribution in [0.15, 0.2) is 6.20 Å². The largest absolute Gasteiger partial charge is 0.369 e.